The number of aliphatic imine (C=N–C) groups is 1. The van der Waals surface area contributed by atoms with E-state index in [0.29, 0.717) is 5.92 Å². The van der Waals surface area contributed by atoms with Gasteiger partial charge >= 0.3 is 0 Å². The van der Waals surface area contributed by atoms with Crippen LogP contribution in [0, 0.1) is 5.92 Å². The summed E-state index contributed by atoms with van der Waals surface area (Å²) in [4.78, 5) is 5.03. The highest BCUT2D eigenvalue weighted by atomic mass is 79.9. The molecule has 0 N–H and O–H groups in total. The Morgan fingerprint density at radius 1 is 1.50 bits per heavy atom. The Kier molecular flexibility index (Phi) is 3.52. The van der Waals surface area contributed by atoms with Crippen molar-refractivity contribution >= 4 is 32.7 Å². The van der Waals surface area contributed by atoms with Gasteiger partial charge in [0.05, 0.1) is 17.2 Å². The monoisotopic (exact) mass is 325 g/mol. The molecule has 0 spiro atoms. The summed E-state index contributed by atoms with van der Waals surface area (Å²) in [5.74, 6) is 1.61. The van der Waals surface area contributed by atoms with Gasteiger partial charge in [-0.1, -0.05) is 28.1 Å². The maximum atomic E-state index is 5.66. The lowest BCUT2D eigenvalue weighted by molar-refractivity contribution is 0.0101. The van der Waals surface area contributed by atoms with E-state index in [4.69, 9.17) is 9.73 Å². The number of benzene rings is 1. The maximum absolute atomic E-state index is 5.66. The van der Waals surface area contributed by atoms with Crippen LogP contribution in [-0.2, 0) is 10.3 Å². The Morgan fingerprint density at radius 2 is 2.39 bits per heavy atom. The lowest BCUT2D eigenvalue weighted by atomic mass is 9.76. The fraction of sp³-hybridized carbons (Fsp3) is 0.500. The van der Waals surface area contributed by atoms with Gasteiger partial charge in [-0.05, 0) is 24.6 Å². The highest BCUT2D eigenvalue weighted by molar-refractivity contribution is 9.10. The zero-order valence-corrected chi connectivity index (χ0v) is 12.8. The van der Waals surface area contributed by atoms with Gasteiger partial charge in [-0.25, -0.2) is 0 Å². The molecule has 0 aromatic heterocycles. The Bertz CT molecular complexity index is 490. The van der Waals surface area contributed by atoms with Crippen molar-refractivity contribution in [3.8, 4) is 0 Å². The summed E-state index contributed by atoms with van der Waals surface area (Å²) in [5.41, 5.74) is 1.27. The largest absolute Gasteiger partial charge is 0.381 e. The number of thioether (sulfide) groups is 1. The highest BCUT2D eigenvalue weighted by Gasteiger charge is 2.44. The molecule has 0 amide bonds. The van der Waals surface area contributed by atoms with E-state index >= 15 is 0 Å². The molecule has 1 aromatic carbocycles. The van der Waals surface area contributed by atoms with Crippen LogP contribution in [0.2, 0.25) is 0 Å². The topological polar surface area (TPSA) is 21.6 Å². The zero-order valence-electron chi connectivity index (χ0n) is 10.4. The van der Waals surface area contributed by atoms with Crippen LogP contribution < -0.4 is 0 Å². The van der Waals surface area contributed by atoms with E-state index in [-0.39, 0.29) is 5.54 Å². The molecule has 0 radical (unpaired) electrons. The zero-order chi connectivity index (χ0) is 12.6. The molecule has 3 rings (SSSR count). The SMILES string of the molecule is CC1=N[C@@]2(c3cccc(Br)c3)CCOC[C@H]2CS1. The molecule has 1 aromatic rings. The standard InChI is InChI=1S/C14H16BrNOS/c1-10-16-14(11-3-2-4-13(15)7-11)5-6-17-8-12(14)9-18-10/h2-4,7,12H,5-6,8-9H2,1H3/t12-,14+/m0/s1. The van der Waals surface area contributed by atoms with Crippen molar-refractivity contribution in [3.05, 3.63) is 34.3 Å². The Hall–Kier alpha value is -0.320. The molecule has 18 heavy (non-hydrogen) atoms. The molecule has 0 aliphatic carbocycles. The molecule has 2 atom stereocenters. The first-order valence-corrected chi connectivity index (χ1v) is 8.02. The van der Waals surface area contributed by atoms with Crippen LogP contribution in [0.5, 0.6) is 0 Å². The number of nitrogens with zero attached hydrogens (tertiary/aromatic N) is 1. The first-order chi connectivity index (χ1) is 8.71. The van der Waals surface area contributed by atoms with Crippen molar-refractivity contribution in [2.75, 3.05) is 19.0 Å². The van der Waals surface area contributed by atoms with Crippen LogP contribution in [0.15, 0.2) is 33.7 Å². The summed E-state index contributed by atoms with van der Waals surface area (Å²) in [7, 11) is 0. The first-order valence-electron chi connectivity index (χ1n) is 6.24. The molecule has 0 unspecified atom stereocenters. The van der Waals surface area contributed by atoms with Crippen LogP contribution in [0.1, 0.15) is 18.9 Å². The van der Waals surface area contributed by atoms with E-state index in [9.17, 15) is 0 Å². The molecule has 2 aliphatic heterocycles. The predicted octanol–water partition coefficient (Wildman–Crippen LogP) is 3.85. The summed E-state index contributed by atoms with van der Waals surface area (Å²) < 4.78 is 6.79. The smallest absolute Gasteiger partial charge is 0.0946 e. The average molecular weight is 326 g/mol. The number of hydrogen-bond acceptors (Lipinski definition) is 3. The van der Waals surface area contributed by atoms with Gasteiger partial charge in [0, 0.05) is 29.2 Å². The number of halogens is 1. The maximum Gasteiger partial charge on any atom is 0.0946 e. The minimum absolute atomic E-state index is 0.0582. The summed E-state index contributed by atoms with van der Waals surface area (Å²) in [6, 6.07) is 8.59. The highest BCUT2D eigenvalue weighted by Crippen LogP contribution is 2.45. The van der Waals surface area contributed by atoms with Gasteiger partial charge in [-0.15, -0.1) is 11.8 Å². The van der Waals surface area contributed by atoms with Gasteiger partial charge in [0.1, 0.15) is 0 Å². The van der Waals surface area contributed by atoms with Crippen molar-refractivity contribution in [1.82, 2.24) is 0 Å². The molecule has 4 heteroatoms. The molecule has 2 aliphatic rings. The van der Waals surface area contributed by atoms with Gasteiger partial charge in [-0.3, -0.25) is 4.99 Å². The Morgan fingerprint density at radius 3 is 3.22 bits per heavy atom. The molecule has 2 nitrogen and oxygen atoms in total. The van der Waals surface area contributed by atoms with E-state index in [1.807, 2.05) is 11.8 Å². The van der Waals surface area contributed by atoms with Gasteiger partial charge in [0.2, 0.25) is 0 Å². The molecule has 0 bridgehead atoms. The molecular weight excluding hydrogens is 310 g/mol. The van der Waals surface area contributed by atoms with Crippen molar-refractivity contribution < 1.29 is 4.74 Å². The average Bonchev–Trinajstić information content (AvgIpc) is 2.38. The molecule has 1 fully saturated rings. The van der Waals surface area contributed by atoms with Crippen LogP contribution in [-0.4, -0.2) is 24.0 Å². The number of ether oxygens (including phenoxy) is 1. The van der Waals surface area contributed by atoms with Crippen molar-refractivity contribution in [2.24, 2.45) is 10.9 Å². The summed E-state index contributed by atoms with van der Waals surface area (Å²) in [5, 5.41) is 1.20. The third-order valence-electron chi connectivity index (χ3n) is 3.80. The predicted molar refractivity (Wildman–Crippen MR) is 80.3 cm³/mol. The molecule has 2 heterocycles. The second-order valence-corrected chi connectivity index (χ2v) is 7.03. The number of hydrogen-bond donors (Lipinski definition) is 0. The van der Waals surface area contributed by atoms with Crippen LogP contribution in [0.4, 0.5) is 0 Å². The Labute approximate surface area is 120 Å². The fourth-order valence-electron chi connectivity index (χ4n) is 2.87. The third kappa shape index (κ3) is 2.15. The second kappa shape index (κ2) is 4.99. The quantitative estimate of drug-likeness (QED) is 0.782. The van der Waals surface area contributed by atoms with Crippen LogP contribution in [0.3, 0.4) is 0 Å². The van der Waals surface area contributed by atoms with E-state index < -0.39 is 0 Å². The molecule has 96 valence electrons. The van der Waals surface area contributed by atoms with Gasteiger partial charge in [-0.2, -0.15) is 0 Å². The van der Waals surface area contributed by atoms with Crippen LogP contribution >= 0.6 is 27.7 Å². The lowest BCUT2D eigenvalue weighted by Gasteiger charge is -2.44. The third-order valence-corrected chi connectivity index (χ3v) is 5.37. The van der Waals surface area contributed by atoms with Crippen molar-refractivity contribution in [2.45, 2.75) is 18.9 Å². The number of rotatable bonds is 1. The minimum atomic E-state index is -0.0582. The second-order valence-electron chi connectivity index (χ2n) is 4.90. The molecular formula is C14H16BrNOS. The van der Waals surface area contributed by atoms with E-state index in [1.54, 1.807) is 0 Å². The van der Waals surface area contributed by atoms with E-state index in [2.05, 4.69) is 47.1 Å². The van der Waals surface area contributed by atoms with E-state index in [1.165, 1.54) is 10.6 Å². The van der Waals surface area contributed by atoms with E-state index in [0.717, 1.165) is 29.9 Å². The van der Waals surface area contributed by atoms with Gasteiger partial charge in [0.25, 0.3) is 0 Å². The first kappa shape index (κ1) is 12.7. The molecule has 0 saturated carbocycles. The fourth-order valence-corrected chi connectivity index (χ4v) is 4.31. The van der Waals surface area contributed by atoms with Crippen LogP contribution in [0.25, 0.3) is 0 Å². The summed E-state index contributed by atoms with van der Waals surface area (Å²) in [6.45, 7) is 3.76. The summed E-state index contributed by atoms with van der Waals surface area (Å²) in [6.07, 6.45) is 0.992. The lowest BCUT2D eigenvalue weighted by Crippen LogP contribution is -2.45. The Balaban J connectivity index is 2.10. The normalized spacial score (nSPS) is 31.7. The van der Waals surface area contributed by atoms with Crippen molar-refractivity contribution in [3.63, 3.8) is 0 Å². The number of fused-ring (bicyclic) bond motifs is 1. The van der Waals surface area contributed by atoms with Gasteiger partial charge in [0.15, 0.2) is 0 Å². The van der Waals surface area contributed by atoms with Crippen molar-refractivity contribution in [1.29, 1.82) is 0 Å². The minimum Gasteiger partial charge on any atom is -0.381 e. The molecule has 1 saturated heterocycles. The van der Waals surface area contributed by atoms with Gasteiger partial charge < -0.3 is 4.74 Å². The summed E-state index contributed by atoms with van der Waals surface area (Å²) >= 11 is 5.43.